The van der Waals surface area contributed by atoms with Crippen molar-refractivity contribution in [1.29, 1.82) is 0 Å². The third kappa shape index (κ3) is 4.61. The minimum atomic E-state index is -0.343. The molecule has 1 aliphatic carbocycles. The molecule has 0 aliphatic heterocycles. The molecular weight excluding hydrogens is 542 g/mol. The second-order valence-electron chi connectivity index (χ2n) is 10.2. The number of para-hydroxylation sites is 2. The minimum Gasteiger partial charge on any atom is -0.319 e. The fraction of sp³-hybridized carbons (Fsp3) is 0.267. The molecule has 0 saturated heterocycles. The molecule has 3 aromatic heterocycles. The largest absolute Gasteiger partial charge is 0.319 e. The molecule has 204 valence electrons. The van der Waals surface area contributed by atoms with Crippen molar-refractivity contribution in [3.8, 4) is 11.4 Å². The van der Waals surface area contributed by atoms with Crippen LogP contribution in [0.15, 0.2) is 75.4 Å². The third-order valence-electron chi connectivity index (χ3n) is 7.46. The highest BCUT2D eigenvalue weighted by Crippen LogP contribution is 2.37. The SMILES string of the molecule is Cc1c(NC(=O)CSc2nc3sc4c(c3c(=O)n2-c2ccccc2)CC[C@H](C)C4)c(=O)n(-c2ccccc2)n1C. The monoisotopic (exact) mass is 571 g/mol. The molecule has 0 spiro atoms. The Kier molecular flexibility index (Phi) is 6.97. The Morgan fingerprint density at radius 3 is 2.42 bits per heavy atom. The first-order valence-corrected chi connectivity index (χ1v) is 15.0. The van der Waals surface area contributed by atoms with Gasteiger partial charge in [-0.1, -0.05) is 55.1 Å². The van der Waals surface area contributed by atoms with Crippen molar-refractivity contribution >= 4 is 44.9 Å². The molecule has 40 heavy (non-hydrogen) atoms. The highest BCUT2D eigenvalue weighted by atomic mass is 32.2. The lowest BCUT2D eigenvalue weighted by molar-refractivity contribution is -0.113. The summed E-state index contributed by atoms with van der Waals surface area (Å²) in [7, 11) is 1.78. The van der Waals surface area contributed by atoms with Gasteiger partial charge in [0.05, 0.1) is 28.2 Å². The number of nitrogens with one attached hydrogen (secondary N) is 1. The van der Waals surface area contributed by atoms with Crippen LogP contribution in [0.2, 0.25) is 0 Å². The summed E-state index contributed by atoms with van der Waals surface area (Å²) in [6, 6.07) is 18.7. The van der Waals surface area contributed by atoms with Gasteiger partial charge >= 0.3 is 0 Å². The van der Waals surface area contributed by atoms with E-state index in [1.54, 1.807) is 34.6 Å². The van der Waals surface area contributed by atoms with Gasteiger partial charge in [0.25, 0.3) is 11.1 Å². The van der Waals surface area contributed by atoms with E-state index in [0.29, 0.717) is 33.5 Å². The van der Waals surface area contributed by atoms with Crippen LogP contribution in [0.25, 0.3) is 21.6 Å². The number of carbonyl (C=O) groups is 1. The summed E-state index contributed by atoms with van der Waals surface area (Å²) in [5.74, 6) is 0.234. The molecule has 1 N–H and O–H groups in total. The van der Waals surface area contributed by atoms with Gasteiger partial charge < -0.3 is 5.32 Å². The maximum atomic E-state index is 13.9. The van der Waals surface area contributed by atoms with Crippen molar-refractivity contribution < 1.29 is 4.79 Å². The molecule has 0 radical (unpaired) electrons. The summed E-state index contributed by atoms with van der Waals surface area (Å²) in [5.41, 5.74) is 3.03. The number of thioether (sulfide) groups is 1. The van der Waals surface area contributed by atoms with Crippen molar-refractivity contribution in [3.63, 3.8) is 0 Å². The average Bonchev–Trinajstić information content (AvgIpc) is 3.42. The Morgan fingerprint density at radius 1 is 1.05 bits per heavy atom. The van der Waals surface area contributed by atoms with Gasteiger partial charge in [0.1, 0.15) is 10.5 Å². The van der Waals surface area contributed by atoms with Crippen molar-refractivity contribution in [1.82, 2.24) is 18.9 Å². The molecule has 1 aliphatic rings. The number of hydrogen-bond donors (Lipinski definition) is 1. The van der Waals surface area contributed by atoms with Crippen molar-refractivity contribution in [2.45, 2.75) is 38.3 Å². The van der Waals surface area contributed by atoms with Crippen LogP contribution < -0.4 is 16.4 Å². The van der Waals surface area contributed by atoms with Gasteiger partial charge in [0.2, 0.25) is 5.91 Å². The zero-order valence-electron chi connectivity index (χ0n) is 22.5. The van der Waals surface area contributed by atoms with E-state index in [1.165, 1.54) is 21.3 Å². The van der Waals surface area contributed by atoms with E-state index in [4.69, 9.17) is 4.98 Å². The Bertz CT molecular complexity index is 1850. The van der Waals surface area contributed by atoms with Crippen molar-refractivity contribution in [2.24, 2.45) is 13.0 Å². The Hall–Kier alpha value is -3.89. The van der Waals surface area contributed by atoms with Crippen LogP contribution >= 0.6 is 23.1 Å². The first-order chi connectivity index (χ1) is 19.3. The molecule has 0 bridgehead atoms. The van der Waals surface area contributed by atoms with E-state index in [-0.39, 0.29) is 28.5 Å². The van der Waals surface area contributed by atoms with Crippen LogP contribution in [0.4, 0.5) is 5.69 Å². The number of rotatable bonds is 6. The number of fused-ring (bicyclic) bond motifs is 3. The predicted octanol–water partition coefficient (Wildman–Crippen LogP) is 5.10. The minimum absolute atomic E-state index is 0.00792. The van der Waals surface area contributed by atoms with E-state index in [1.807, 2.05) is 60.7 Å². The van der Waals surface area contributed by atoms with Gasteiger partial charge in [-0.3, -0.25) is 23.6 Å². The van der Waals surface area contributed by atoms with Gasteiger partial charge in [0.15, 0.2) is 5.16 Å². The number of hydrogen-bond acceptors (Lipinski definition) is 6. The number of carbonyl (C=O) groups excluding carboxylic acids is 1. The average molecular weight is 572 g/mol. The number of amides is 1. The van der Waals surface area contributed by atoms with Crippen LogP contribution in [0.3, 0.4) is 0 Å². The summed E-state index contributed by atoms with van der Waals surface area (Å²) < 4.78 is 4.87. The molecule has 10 heteroatoms. The molecule has 1 amide bonds. The third-order valence-corrected chi connectivity index (χ3v) is 9.55. The van der Waals surface area contributed by atoms with E-state index >= 15 is 0 Å². The molecule has 5 aromatic rings. The molecule has 1 atom stereocenters. The topological polar surface area (TPSA) is 90.9 Å². The van der Waals surface area contributed by atoms with Gasteiger partial charge in [-0.05, 0) is 61.9 Å². The molecule has 0 fully saturated rings. The lowest BCUT2D eigenvalue weighted by Crippen LogP contribution is -2.25. The zero-order valence-corrected chi connectivity index (χ0v) is 24.1. The maximum Gasteiger partial charge on any atom is 0.295 e. The lowest BCUT2D eigenvalue weighted by atomic mass is 9.89. The van der Waals surface area contributed by atoms with Gasteiger partial charge in [-0.15, -0.1) is 11.3 Å². The highest BCUT2D eigenvalue weighted by Gasteiger charge is 2.26. The number of benzene rings is 2. The standard InChI is InChI=1S/C30H29N5O3S2/c1-18-14-15-22-23(16-18)40-27-25(22)28(37)34(20-10-6-4-7-11-20)30(32-27)39-17-24(36)31-26-19(2)33(3)35(29(26)38)21-12-8-5-9-13-21/h4-13,18H,14-17H2,1-3H3,(H,31,36)/t18-/m0/s1. The summed E-state index contributed by atoms with van der Waals surface area (Å²) in [6.07, 6.45) is 2.90. The van der Waals surface area contributed by atoms with Crippen LogP contribution in [-0.4, -0.2) is 30.6 Å². The van der Waals surface area contributed by atoms with Crippen LogP contribution in [0.5, 0.6) is 0 Å². The predicted molar refractivity (Wildman–Crippen MR) is 162 cm³/mol. The second-order valence-corrected chi connectivity index (χ2v) is 12.2. The fourth-order valence-corrected chi connectivity index (χ4v) is 7.53. The Labute approximate surface area is 239 Å². The second kappa shape index (κ2) is 10.6. The van der Waals surface area contributed by atoms with E-state index < -0.39 is 0 Å². The molecule has 3 heterocycles. The fourth-order valence-electron chi connectivity index (χ4n) is 5.29. The molecule has 8 nitrogen and oxygen atoms in total. The van der Waals surface area contributed by atoms with E-state index in [2.05, 4.69) is 12.2 Å². The van der Waals surface area contributed by atoms with E-state index in [9.17, 15) is 14.4 Å². The lowest BCUT2D eigenvalue weighted by Gasteiger charge is -2.17. The number of aryl methyl sites for hydroxylation is 1. The first kappa shape index (κ1) is 26.3. The van der Waals surface area contributed by atoms with Gasteiger partial charge in [-0.25, -0.2) is 9.67 Å². The normalized spacial score (nSPS) is 14.8. The molecule has 0 saturated carbocycles. The van der Waals surface area contributed by atoms with E-state index in [0.717, 1.165) is 29.7 Å². The number of aromatic nitrogens is 4. The smallest absolute Gasteiger partial charge is 0.295 e. The van der Waals surface area contributed by atoms with Crippen LogP contribution in [0.1, 0.15) is 29.5 Å². The highest BCUT2D eigenvalue weighted by molar-refractivity contribution is 7.99. The van der Waals surface area contributed by atoms with Crippen LogP contribution in [-0.2, 0) is 24.7 Å². The van der Waals surface area contributed by atoms with Gasteiger partial charge in [0, 0.05) is 11.9 Å². The number of thiophene rings is 1. The zero-order chi connectivity index (χ0) is 28.0. The molecular formula is C30H29N5O3S2. The Morgan fingerprint density at radius 2 is 1.73 bits per heavy atom. The number of nitrogens with zero attached hydrogens (tertiary/aromatic N) is 4. The summed E-state index contributed by atoms with van der Waals surface area (Å²) in [5, 5.41) is 3.96. The first-order valence-electron chi connectivity index (χ1n) is 13.2. The van der Waals surface area contributed by atoms with Crippen molar-refractivity contribution in [3.05, 3.63) is 97.5 Å². The maximum absolute atomic E-state index is 13.9. The number of anilines is 1. The van der Waals surface area contributed by atoms with Crippen LogP contribution in [0, 0.1) is 12.8 Å². The Balaban J connectivity index is 1.33. The van der Waals surface area contributed by atoms with Gasteiger partial charge in [-0.2, -0.15) is 0 Å². The molecule has 6 rings (SSSR count). The van der Waals surface area contributed by atoms with Crippen molar-refractivity contribution in [2.75, 3.05) is 11.1 Å². The molecule has 2 aromatic carbocycles. The molecule has 0 unspecified atom stereocenters. The summed E-state index contributed by atoms with van der Waals surface area (Å²) in [4.78, 5) is 47.2. The summed E-state index contributed by atoms with van der Waals surface area (Å²) >= 11 is 2.79. The quantitative estimate of drug-likeness (QED) is 0.226. The summed E-state index contributed by atoms with van der Waals surface area (Å²) in [6.45, 7) is 4.04.